The summed E-state index contributed by atoms with van der Waals surface area (Å²) in [6.07, 6.45) is -0.504. The van der Waals surface area contributed by atoms with Crippen LogP contribution in [-0.4, -0.2) is 66.3 Å². The lowest BCUT2D eigenvalue weighted by Gasteiger charge is -2.16. The van der Waals surface area contributed by atoms with Gasteiger partial charge in [0.15, 0.2) is 23.2 Å². The van der Waals surface area contributed by atoms with Crippen molar-refractivity contribution in [2.24, 2.45) is 0 Å². The van der Waals surface area contributed by atoms with Crippen molar-refractivity contribution in [2.75, 3.05) is 24.2 Å². The van der Waals surface area contributed by atoms with E-state index in [0.29, 0.717) is 23.5 Å². The van der Waals surface area contributed by atoms with Crippen molar-refractivity contribution in [3.8, 4) is 0 Å². The molecule has 3 heterocycles. The standard InChI is InChI=1S/C18H21IN6O4/c19-10-5-9(1-2-11(10)20)3-4-21-16-13-17(23-7-22-16)25(8-24-13)18-15(28)14(27)12(6-26)29-18/h1-2,5,7-8,12,14-15,18,26-28H,3-4,6,20H2,(H,21,22,23). The molecule has 1 fully saturated rings. The first-order valence-corrected chi connectivity index (χ1v) is 10.1. The SMILES string of the molecule is Nc1ccc(CCNc2ncnc3c2ncn3C2OC(CO)C(O)C2O)cc1I. The number of aliphatic hydroxyl groups excluding tert-OH is 3. The first-order valence-electron chi connectivity index (χ1n) is 9.07. The maximum Gasteiger partial charge on any atom is 0.167 e. The van der Waals surface area contributed by atoms with Gasteiger partial charge in [0, 0.05) is 15.8 Å². The van der Waals surface area contributed by atoms with Crippen LogP contribution < -0.4 is 11.1 Å². The maximum absolute atomic E-state index is 10.3. The number of nitrogens with zero attached hydrogens (tertiary/aromatic N) is 4. The van der Waals surface area contributed by atoms with Gasteiger partial charge in [-0.15, -0.1) is 0 Å². The number of ether oxygens (including phenoxy) is 1. The Hall–Kier alpha value is -2.06. The number of nitrogens with two attached hydrogens (primary N) is 1. The molecule has 0 amide bonds. The molecule has 0 bridgehead atoms. The van der Waals surface area contributed by atoms with Crippen LogP contribution >= 0.6 is 22.6 Å². The topological polar surface area (TPSA) is 152 Å². The zero-order chi connectivity index (χ0) is 20.5. The molecule has 0 spiro atoms. The fraction of sp³-hybridized carbons (Fsp3) is 0.389. The number of hydrogen-bond donors (Lipinski definition) is 5. The van der Waals surface area contributed by atoms with Crippen LogP contribution in [0.5, 0.6) is 0 Å². The average Bonchev–Trinajstić information content (AvgIpc) is 3.26. The van der Waals surface area contributed by atoms with Gasteiger partial charge >= 0.3 is 0 Å². The molecule has 1 aromatic carbocycles. The molecule has 1 aliphatic heterocycles. The van der Waals surface area contributed by atoms with Gasteiger partial charge in [0.2, 0.25) is 0 Å². The molecular weight excluding hydrogens is 491 g/mol. The molecule has 0 saturated carbocycles. The minimum absolute atomic E-state index is 0.396. The first kappa shape index (κ1) is 20.2. The van der Waals surface area contributed by atoms with Crippen molar-refractivity contribution in [1.82, 2.24) is 19.5 Å². The number of nitrogen functional groups attached to an aromatic ring is 1. The number of halogens is 1. The predicted molar refractivity (Wildman–Crippen MR) is 114 cm³/mol. The summed E-state index contributed by atoms with van der Waals surface area (Å²) in [5.41, 5.74) is 8.75. The zero-order valence-corrected chi connectivity index (χ0v) is 17.5. The normalized spacial score (nSPS) is 24.3. The second-order valence-corrected chi connectivity index (χ2v) is 7.97. The largest absolute Gasteiger partial charge is 0.398 e. The molecule has 4 atom stereocenters. The fourth-order valence-corrected chi connectivity index (χ4v) is 3.91. The van der Waals surface area contributed by atoms with Gasteiger partial charge < -0.3 is 31.1 Å². The molecule has 3 aromatic rings. The van der Waals surface area contributed by atoms with E-state index in [-0.39, 0.29) is 0 Å². The Morgan fingerprint density at radius 3 is 2.76 bits per heavy atom. The maximum atomic E-state index is 10.3. The average molecular weight is 512 g/mol. The number of benzene rings is 1. The lowest BCUT2D eigenvalue weighted by atomic mass is 10.1. The molecule has 0 radical (unpaired) electrons. The molecule has 29 heavy (non-hydrogen) atoms. The third kappa shape index (κ3) is 3.88. The van der Waals surface area contributed by atoms with E-state index in [2.05, 4.69) is 42.9 Å². The molecule has 10 nitrogen and oxygen atoms in total. The van der Waals surface area contributed by atoms with Crippen LogP contribution in [0.15, 0.2) is 30.9 Å². The summed E-state index contributed by atoms with van der Waals surface area (Å²) in [6, 6.07) is 5.93. The van der Waals surface area contributed by atoms with E-state index in [1.807, 2.05) is 18.2 Å². The quantitative estimate of drug-likeness (QED) is 0.232. The third-order valence-corrected chi connectivity index (χ3v) is 5.86. The van der Waals surface area contributed by atoms with E-state index >= 15 is 0 Å². The summed E-state index contributed by atoms with van der Waals surface area (Å²) in [5, 5.41) is 32.8. The van der Waals surface area contributed by atoms with Crippen molar-refractivity contribution in [1.29, 1.82) is 0 Å². The lowest BCUT2D eigenvalue weighted by Crippen LogP contribution is -2.33. The highest BCUT2D eigenvalue weighted by Crippen LogP contribution is 2.32. The van der Waals surface area contributed by atoms with Gasteiger partial charge in [-0.05, 0) is 46.7 Å². The lowest BCUT2D eigenvalue weighted by molar-refractivity contribution is -0.0511. The van der Waals surface area contributed by atoms with E-state index < -0.39 is 31.1 Å². The number of aromatic nitrogens is 4. The molecule has 1 saturated heterocycles. The van der Waals surface area contributed by atoms with E-state index in [4.69, 9.17) is 10.5 Å². The van der Waals surface area contributed by atoms with Crippen molar-refractivity contribution in [3.05, 3.63) is 40.0 Å². The van der Waals surface area contributed by atoms with Crippen LogP contribution in [0.25, 0.3) is 11.2 Å². The Kier molecular flexibility index (Phi) is 5.83. The van der Waals surface area contributed by atoms with Crippen molar-refractivity contribution in [2.45, 2.75) is 31.0 Å². The molecule has 6 N–H and O–H groups in total. The summed E-state index contributed by atoms with van der Waals surface area (Å²) >= 11 is 2.21. The van der Waals surface area contributed by atoms with Gasteiger partial charge in [0.25, 0.3) is 0 Å². The molecule has 1 aliphatic rings. The van der Waals surface area contributed by atoms with Gasteiger partial charge in [-0.25, -0.2) is 15.0 Å². The molecule has 2 aromatic heterocycles. The van der Waals surface area contributed by atoms with Crippen LogP contribution in [0, 0.1) is 3.57 Å². The van der Waals surface area contributed by atoms with E-state index in [1.165, 1.54) is 17.2 Å². The van der Waals surface area contributed by atoms with Crippen molar-refractivity contribution < 1.29 is 20.1 Å². The van der Waals surface area contributed by atoms with Crippen molar-refractivity contribution >= 4 is 45.3 Å². The Balaban J connectivity index is 1.51. The Labute approximate surface area is 179 Å². The number of aliphatic hydroxyl groups is 3. The summed E-state index contributed by atoms with van der Waals surface area (Å²) < 4.78 is 8.12. The second kappa shape index (κ2) is 8.36. The highest BCUT2D eigenvalue weighted by atomic mass is 127. The Bertz CT molecular complexity index is 1020. The smallest absolute Gasteiger partial charge is 0.167 e. The van der Waals surface area contributed by atoms with Crippen LogP contribution in [0.2, 0.25) is 0 Å². The van der Waals surface area contributed by atoms with Crippen LogP contribution in [0.3, 0.4) is 0 Å². The van der Waals surface area contributed by atoms with Crippen LogP contribution in [-0.2, 0) is 11.2 Å². The number of nitrogens with one attached hydrogen (secondary N) is 1. The highest BCUT2D eigenvalue weighted by molar-refractivity contribution is 14.1. The number of fused-ring (bicyclic) bond motifs is 1. The first-order chi connectivity index (χ1) is 14.0. The third-order valence-electron chi connectivity index (χ3n) is 4.92. The molecule has 11 heteroatoms. The van der Waals surface area contributed by atoms with Crippen molar-refractivity contribution in [3.63, 3.8) is 0 Å². The summed E-state index contributed by atoms with van der Waals surface area (Å²) in [4.78, 5) is 12.9. The van der Waals surface area contributed by atoms with E-state index in [1.54, 1.807) is 0 Å². The van der Waals surface area contributed by atoms with Gasteiger partial charge in [0.05, 0.1) is 12.9 Å². The van der Waals surface area contributed by atoms with Gasteiger partial charge in [0.1, 0.15) is 24.6 Å². The van der Waals surface area contributed by atoms with Gasteiger partial charge in [-0.3, -0.25) is 4.57 Å². The Morgan fingerprint density at radius 2 is 2.03 bits per heavy atom. The van der Waals surface area contributed by atoms with Gasteiger partial charge in [-0.1, -0.05) is 6.07 Å². The number of anilines is 2. The Morgan fingerprint density at radius 1 is 1.21 bits per heavy atom. The second-order valence-electron chi connectivity index (χ2n) is 6.81. The van der Waals surface area contributed by atoms with Crippen LogP contribution in [0.4, 0.5) is 11.5 Å². The highest BCUT2D eigenvalue weighted by Gasteiger charge is 2.44. The fourth-order valence-electron chi connectivity index (χ4n) is 3.33. The van der Waals surface area contributed by atoms with E-state index in [0.717, 1.165) is 21.2 Å². The molecule has 0 aliphatic carbocycles. The molecule has 4 rings (SSSR count). The number of rotatable bonds is 6. The van der Waals surface area contributed by atoms with E-state index in [9.17, 15) is 15.3 Å². The van der Waals surface area contributed by atoms with Gasteiger partial charge in [-0.2, -0.15) is 0 Å². The minimum atomic E-state index is -1.20. The molecular formula is C18H21IN6O4. The minimum Gasteiger partial charge on any atom is -0.398 e. The molecule has 154 valence electrons. The molecule has 4 unspecified atom stereocenters. The summed E-state index contributed by atoms with van der Waals surface area (Å²) in [7, 11) is 0. The van der Waals surface area contributed by atoms with Crippen LogP contribution in [0.1, 0.15) is 11.8 Å². The number of hydrogen-bond acceptors (Lipinski definition) is 9. The summed E-state index contributed by atoms with van der Waals surface area (Å²) in [5.74, 6) is 0.561. The monoisotopic (exact) mass is 512 g/mol. The zero-order valence-electron chi connectivity index (χ0n) is 15.3. The number of imidazole rings is 1. The predicted octanol–water partition coefficient (Wildman–Crippen LogP) is 0.279. The summed E-state index contributed by atoms with van der Waals surface area (Å²) in [6.45, 7) is 0.236.